The summed E-state index contributed by atoms with van der Waals surface area (Å²) in [4.78, 5) is 44.3. The van der Waals surface area contributed by atoms with Gasteiger partial charge in [0.25, 0.3) is 11.4 Å². The maximum Gasteiger partial charge on any atom is 0.271 e. The first-order chi connectivity index (χ1) is 30.5. The van der Waals surface area contributed by atoms with Crippen molar-refractivity contribution >= 4 is 78.0 Å². The number of nitrogens with zero attached hydrogens (tertiary/aromatic N) is 6. The first kappa shape index (κ1) is 40.3. The third-order valence-electron chi connectivity index (χ3n) is 11.8. The van der Waals surface area contributed by atoms with E-state index in [2.05, 4.69) is 44.0 Å². The van der Waals surface area contributed by atoms with Crippen molar-refractivity contribution in [1.29, 1.82) is 10.5 Å². The molecular weight excluding hydrogens is 865 g/mol. The number of carbonyl (C=O) groups is 2. The molecule has 0 spiro atoms. The lowest BCUT2D eigenvalue weighted by molar-refractivity contribution is 0.106. The average Bonchev–Trinajstić information content (AvgIpc) is 3.97. The maximum absolute atomic E-state index is 14.4. The van der Waals surface area contributed by atoms with Crippen LogP contribution in [0.2, 0.25) is 0 Å². The summed E-state index contributed by atoms with van der Waals surface area (Å²) in [6.07, 6.45) is 8.56. The van der Waals surface area contributed by atoms with E-state index in [1.165, 1.54) is 22.7 Å². The summed E-state index contributed by atoms with van der Waals surface area (Å²) in [6, 6.07) is 9.89. The largest absolute Gasteiger partial charge is 0.482 e. The van der Waals surface area contributed by atoms with E-state index in [1.807, 2.05) is 27.7 Å². The molecule has 0 saturated heterocycles. The molecule has 0 radical (unpaired) electrons. The van der Waals surface area contributed by atoms with Crippen LogP contribution in [0.15, 0.2) is 93.2 Å². The van der Waals surface area contributed by atoms with Crippen molar-refractivity contribution in [3.8, 4) is 23.6 Å². The van der Waals surface area contributed by atoms with Crippen molar-refractivity contribution in [2.24, 2.45) is 21.8 Å². The molecule has 0 bridgehead atoms. The standard InChI is InChI=1S/C48H24F4N6O4S2/c1-47(2)27-9-19-8-26-28(48(3,4)62-36-16-38(64-46(26)36)58-42-40(34(18-54)56-6)22-12-30(50)32(52)14-24(22)44(42)60)10-20(19)7-25(27)45-35(61-47)15-37(63-45)57-41-39(33(17-53)55-5)21-11-29(49)31(51)13-23(21)43(41)59/h7-16,19-20H,1-4H3/b39-33+,40-34?,57-41?,58-42?. The van der Waals surface area contributed by atoms with Crippen molar-refractivity contribution in [2.75, 3.05) is 0 Å². The van der Waals surface area contributed by atoms with Crippen LogP contribution >= 0.6 is 22.7 Å². The van der Waals surface area contributed by atoms with Crippen molar-refractivity contribution in [2.45, 2.75) is 38.9 Å². The summed E-state index contributed by atoms with van der Waals surface area (Å²) in [5, 5.41) is 20.1. The van der Waals surface area contributed by atoms with Crippen LogP contribution in [0.3, 0.4) is 0 Å². The Morgan fingerprint density at radius 3 is 1.33 bits per heavy atom. The van der Waals surface area contributed by atoms with E-state index in [1.54, 1.807) is 24.3 Å². The molecule has 0 amide bonds. The second-order valence-corrected chi connectivity index (χ2v) is 18.4. The molecule has 2 aromatic carbocycles. The lowest BCUT2D eigenvalue weighted by Gasteiger charge is -2.42. The Morgan fingerprint density at radius 2 is 0.984 bits per heavy atom. The zero-order chi connectivity index (χ0) is 45.3. The summed E-state index contributed by atoms with van der Waals surface area (Å²) in [7, 11) is 0. The Bertz CT molecular complexity index is 3180. The third kappa shape index (κ3) is 5.84. The van der Waals surface area contributed by atoms with E-state index in [-0.39, 0.29) is 56.7 Å². The van der Waals surface area contributed by atoms with Crippen LogP contribution in [0.25, 0.3) is 32.0 Å². The van der Waals surface area contributed by atoms with Gasteiger partial charge < -0.3 is 9.47 Å². The lowest BCUT2D eigenvalue weighted by atomic mass is 9.70. The number of rotatable bonds is 2. The predicted octanol–water partition coefficient (Wildman–Crippen LogP) is 11.5. The second-order valence-electron chi connectivity index (χ2n) is 16.4. The Hall–Kier alpha value is -7.76. The molecule has 4 aromatic rings. The smallest absolute Gasteiger partial charge is 0.271 e. The maximum atomic E-state index is 14.4. The molecule has 0 fully saturated rings. The lowest BCUT2D eigenvalue weighted by Crippen LogP contribution is -2.39. The van der Waals surface area contributed by atoms with Gasteiger partial charge in [0, 0.05) is 46.2 Å². The summed E-state index contributed by atoms with van der Waals surface area (Å²) < 4.78 is 70.5. The van der Waals surface area contributed by atoms with E-state index in [9.17, 15) is 37.7 Å². The first-order valence-electron chi connectivity index (χ1n) is 19.3. The zero-order valence-electron chi connectivity index (χ0n) is 33.6. The molecule has 10 rings (SSSR count). The van der Waals surface area contributed by atoms with Gasteiger partial charge in [0.2, 0.25) is 11.6 Å². The van der Waals surface area contributed by atoms with E-state index < -0.39 is 57.4 Å². The Morgan fingerprint density at radius 1 is 0.625 bits per heavy atom. The molecule has 4 aliphatic carbocycles. The number of thiophene rings is 2. The number of carbonyl (C=O) groups excluding carboxylic acids is 2. The molecule has 2 aliphatic heterocycles. The number of Topliss-reactive ketones (excluding diaryl/α,β-unsaturated/α-hetero) is 2. The fourth-order valence-electron chi connectivity index (χ4n) is 8.94. The van der Waals surface area contributed by atoms with Gasteiger partial charge in [-0.25, -0.2) is 47.8 Å². The molecule has 64 heavy (non-hydrogen) atoms. The number of benzene rings is 2. The van der Waals surface area contributed by atoms with Crippen molar-refractivity contribution in [3.05, 3.63) is 161 Å². The van der Waals surface area contributed by atoms with Crippen LogP contribution in [0.1, 0.15) is 69.3 Å². The molecule has 0 N–H and O–H groups in total. The highest BCUT2D eigenvalue weighted by Gasteiger charge is 2.45. The monoisotopic (exact) mass is 888 g/mol. The van der Waals surface area contributed by atoms with Crippen LogP contribution in [-0.4, -0.2) is 34.2 Å². The Balaban J connectivity index is 1.03. The molecular formula is C48H24F4N6O4S2. The summed E-state index contributed by atoms with van der Waals surface area (Å²) in [6.45, 7) is 22.8. The fraction of sp³-hybridized carbons (Fsp3) is 0.167. The van der Waals surface area contributed by atoms with Gasteiger partial charge >= 0.3 is 0 Å². The van der Waals surface area contributed by atoms with Crippen LogP contribution in [-0.2, 0) is 0 Å². The van der Waals surface area contributed by atoms with Crippen LogP contribution < -0.4 is 9.47 Å². The highest BCUT2D eigenvalue weighted by Crippen LogP contribution is 2.58. The molecule has 16 heteroatoms. The highest BCUT2D eigenvalue weighted by atomic mass is 32.1. The molecule has 4 heterocycles. The number of ether oxygens (including phenoxy) is 2. The van der Waals surface area contributed by atoms with Gasteiger partial charge in [-0.1, -0.05) is 24.3 Å². The quantitative estimate of drug-likeness (QED) is 0.112. The van der Waals surface area contributed by atoms with Gasteiger partial charge in [0.05, 0.1) is 35.0 Å². The minimum absolute atomic E-state index is 0.0886. The number of hydrogen-bond acceptors (Lipinski definition) is 10. The predicted molar refractivity (Wildman–Crippen MR) is 231 cm³/mol. The van der Waals surface area contributed by atoms with Gasteiger partial charge in [-0.3, -0.25) is 9.59 Å². The van der Waals surface area contributed by atoms with Gasteiger partial charge in [-0.05, 0) is 85.4 Å². The SMILES string of the molecule is [C-]#[N+]C(C#N)=C1C(=Nc2cc3c(s2)C2=CC4C=C5C(=CC4C=C2C(C)(C)O3)c2sc(N=C3C(=O)c4cc(F)c(F)cc4/C3=C(/C#N)[N+]#[C-])cc2OC5(C)C)C(=O)c2cc(F)c(F)cc21. The van der Waals surface area contributed by atoms with E-state index in [0.717, 1.165) is 56.3 Å². The minimum atomic E-state index is -1.25. The van der Waals surface area contributed by atoms with E-state index in [0.29, 0.717) is 21.5 Å². The third-order valence-corrected chi connectivity index (χ3v) is 13.8. The molecule has 0 saturated carbocycles. The molecule has 2 aromatic heterocycles. The van der Waals surface area contributed by atoms with Crippen LogP contribution in [0, 0.1) is 70.9 Å². The zero-order valence-corrected chi connectivity index (χ0v) is 35.2. The Labute approximate surface area is 369 Å². The first-order valence-corrected chi connectivity index (χ1v) is 21.0. The van der Waals surface area contributed by atoms with E-state index in [4.69, 9.17) is 22.6 Å². The number of allylic oxidation sites excluding steroid dienone is 8. The van der Waals surface area contributed by atoms with Crippen LogP contribution in [0.4, 0.5) is 27.6 Å². The number of hydrogen-bond donors (Lipinski definition) is 0. The summed E-state index contributed by atoms with van der Waals surface area (Å²) in [5.41, 5.74) is -0.654. The molecule has 2 atom stereocenters. The second kappa shape index (κ2) is 13.9. The number of aliphatic imine (C=N–C) groups is 2. The van der Waals surface area contributed by atoms with Crippen molar-refractivity contribution < 1.29 is 36.6 Å². The van der Waals surface area contributed by atoms with Gasteiger partial charge in [0.15, 0.2) is 23.3 Å². The number of ketones is 2. The molecule has 10 nitrogen and oxygen atoms in total. The number of fused-ring (bicyclic) bond motifs is 9. The number of nitriles is 2. The molecule has 2 unspecified atom stereocenters. The van der Waals surface area contributed by atoms with Crippen molar-refractivity contribution in [3.63, 3.8) is 0 Å². The minimum Gasteiger partial charge on any atom is -0.482 e. The van der Waals surface area contributed by atoms with Gasteiger partial charge in [0.1, 0.15) is 44.1 Å². The summed E-state index contributed by atoms with van der Waals surface area (Å²) >= 11 is 2.44. The highest BCUT2D eigenvalue weighted by molar-refractivity contribution is 7.17. The normalized spacial score (nSPS) is 23.1. The van der Waals surface area contributed by atoms with Crippen molar-refractivity contribution in [1.82, 2.24) is 0 Å². The summed E-state index contributed by atoms with van der Waals surface area (Å²) in [5.74, 6) is -5.83. The fourth-order valence-corrected chi connectivity index (χ4v) is 10.9. The molecule has 310 valence electrons. The van der Waals surface area contributed by atoms with Gasteiger partial charge in [-0.2, -0.15) is 0 Å². The Kier molecular flexibility index (Phi) is 8.74. The van der Waals surface area contributed by atoms with Crippen LogP contribution in [0.5, 0.6) is 11.5 Å². The van der Waals surface area contributed by atoms with Gasteiger partial charge in [-0.15, -0.1) is 22.7 Å². The number of halogens is 4. The average molecular weight is 889 g/mol. The topological polar surface area (TPSA) is 134 Å². The molecule has 6 aliphatic rings. The van der Waals surface area contributed by atoms with E-state index >= 15 is 0 Å².